The lowest BCUT2D eigenvalue weighted by molar-refractivity contribution is -0.0232. The number of thiocarbonyl (C=S) groups is 1. The fourth-order valence-electron chi connectivity index (χ4n) is 1.49. The molecule has 2 atom stereocenters. The summed E-state index contributed by atoms with van der Waals surface area (Å²) in [6, 6.07) is -0.207. The van der Waals surface area contributed by atoms with Gasteiger partial charge in [-0.3, -0.25) is 5.32 Å². The molecule has 1 heterocycles. The Kier molecular flexibility index (Phi) is 5.30. The van der Waals surface area contributed by atoms with E-state index in [-0.39, 0.29) is 17.8 Å². The molecule has 0 aromatic heterocycles. The summed E-state index contributed by atoms with van der Waals surface area (Å²) in [7, 11) is 0. The number of amides is 1. The zero-order valence-electron chi connectivity index (χ0n) is 10.9. The van der Waals surface area contributed by atoms with Gasteiger partial charge < -0.3 is 19.9 Å². The molecule has 7 heteroatoms. The van der Waals surface area contributed by atoms with E-state index in [1.165, 1.54) is 0 Å². The quantitative estimate of drug-likeness (QED) is 0.607. The molecule has 0 saturated carbocycles. The summed E-state index contributed by atoms with van der Waals surface area (Å²) in [6.07, 6.45) is -0.601. The Balaban J connectivity index is 2.34. The second-order valence-electron chi connectivity index (χ2n) is 5.14. The lowest BCUT2D eigenvalue weighted by Crippen LogP contribution is -2.53. The van der Waals surface area contributed by atoms with Gasteiger partial charge in [0.25, 0.3) is 0 Å². The molecule has 1 amide bonds. The summed E-state index contributed by atoms with van der Waals surface area (Å²) in [4.78, 5) is 11.4. The Morgan fingerprint density at radius 3 is 2.72 bits per heavy atom. The summed E-state index contributed by atoms with van der Waals surface area (Å²) in [6.45, 7) is 6.14. The molecular weight excluding hydrogens is 256 g/mol. The molecule has 6 nitrogen and oxygen atoms in total. The monoisotopic (exact) mass is 276 g/mol. The van der Waals surface area contributed by atoms with E-state index in [1.54, 1.807) is 20.8 Å². The standard InChI is InChI=1S/C11H20N2O4S/c1-11(2,3)17-10(15)13-9(18)12-7-4-5-16-6-8(7)14/h7-8,14H,4-6H2,1-3H3,(H2,12,13,15,18)/t7-,8-/m0/s1. The number of hydrogen-bond acceptors (Lipinski definition) is 5. The number of nitrogens with one attached hydrogen (secondary N) is 2. The molecule has 0 spiro atoms. The van der Waals surface area contributed by atoms with Gasteiger partial charge >= 0.3 is 6.09 Å². The van der Waals surface area contributed by atoms with Crippen LogP contribution in [0, 0.1) is 0 Å². The lowest BCUT2D eigenvalue weighted by Gasteiger charge is -2.29. The molecule has 0 aromatic rings. The molecule has 0 bridgehead atoms. The average Bonchev–Trinajstić information content (AvgIpc) is 2.18. The van der Waals surface area contributed by atoms with Gasteiger partial charge in [-0.15, -0.1) is 0 Å². The molecule has 1 rings (SSSR count). The van der Waals surface area contributed by atoms with Gasteiger partial charge in [0.05, 0.1) is 18.8 Å². The van der Waals surface area contributed by atoms with Crippen LogP contribution in [0.1, 0.15) is 27.2 Å². The van der Waals surface area contributed by atoms with Gasteiger partial charge in [0.15, 0.2) is 5.11 Å². The van der Waals surface area contributed by atoms with Crippen LogP contribution in [0.2, 0.25) is 0 Å². The van der Waals surface area contributed by atoms with Gasteiger partial charge in [-0.2, -0.15) is 0 Å². The Morgan fingerprint density at radius 2 is 2.17 bits per heavy atom. The van der Waals surface area contributed by atoms with Crippen LogP contribution < -0.4 is 10.6 Å². The van der Waals surface area contributed by atoms with Gasteiger partial charge in [0, 0.05) is 6.61 Å². The number of ether oxygens (including phenoxy) is 2. The van der Waals surface area contributed by atoms with E-state index >= 15 is 0 Å². The Hall–Kier alpha value is -0.920. The van der Waals surface area contributed by atoms with E-state index in [0.29, 0.717) is 13.0 Å². The van der Waals surface area contributed by atoms with Gasteiger partial charge in [-0.05, 0) is 39.4 Å². The number of carbonyl (C=O) groups excluding carboxylic acids is 1. The molecule has 1 saturated heterocycles. The summed E-state index contributed by atoms with van der Waals surface area (Å²) in [5.41, 5.74) is -0.572. The topological polar surface area (TPSA) is 79.8 Å². The first-order chi connectivity index (χ1) is 8.28. The normalized spacial score (nSPS) is 24.2. The van der Waals surface area contributed by atoms with E-state index in [4.69, 9.17) is 21.7 Å². The smallest absolute Gasteiger partial charge is 0.413 e. The van der Waals surface area contributed by atoms with E-state index in [0.717, 1.165) is 0 Å². The van der Waals surface area contributed by atoms with Crippen molar-refractivity contribution in [2.45, 2.75) is 44.9 Å². The van der Waals surface area contributed by atoms with Crippen LogP contribution in [0.15, 0.2) is 0 Å². The third-order valence-corrected chi connectivity index (χ3v) is 2.48. The highest BCUT2D eigenvalue weighted by Crippen LogP contribution is 2.08. The predicted molar refractivity (Wildman–Crippen MR) is 70.3 cm³/mol. The van der Waals surface area contributed by atoms with Gasteiger partial charge in [0.1, 0.15) is 5.60 Å². The molecule has 104 valence electrons. The van der Waals surface area contributed by atoms with Crippen LogP contribution >= 0.6 is 12.2 Å². The first-order valence-corrected chi connectivity index (χ1v) is 6.25. The zero-order valence-corrected chi connectivity index (χ0v) is 11.7. The molecule has 0 aromatic carbocycles. The number of rotatable bonds is 1. The maximum Gasteiger partial charge on any atom is 0.413 e. The maximum absolute atomic E-state index is 11.4. The van der Waals surface area contributed by atoms with Crippen LogP contribution in [0.5, 0.6) is 0 Å². The number of alkyl carbamates (subject to hydrolysis) is 1. The number of hydrogen-bond donors (Lipinski definition) is 3. The minimum atomic E-state index is -0.628. The average molecular weight is 276 g/mol. The molecule has 0 radical (unpaired) electrons. The molecule has 3 N–H and O–H groups in total. The predicted octanol–water partition coefficient (Wildman–Crippen LogP) is 0.535. The van der Waals surface area contributed by atoms with E-state index in [2.05, 4.69) is 10.6 Å². The maximum atomic E-state index is 11.4. The largest absolute Gasteiger partial charge is 0.444 e. The summed E-state index contributed by atoms with van der Waals surface area (Å²) >= 11 is 4.98. The van der Waals surface area contributed by atoms with Gasteiger partial charge in [-0.1, -0.05) is 0 Å². The molecule has 1 aliphatic heterocycles. The highest BCUT2D eigenvalue weighted by molar-refractivity contribution is 7.80. The van der Waals surface area contributed by atoms with Gasteiger partial charge in [-0.25, -0.2) is 4.79 Å². The molecule has 0 aliphatic carbocycles. The molecule has 0 unspecified atom stereocenters. The summed E-state index contributed by atoms with van der Waals surface area (Å²) in [5, 5.41) is 15.1. The fraction of sp³-hybridized carbons (Fsp3) is 0.818. The minimum absolute atomic E-state index is 0.148. The minimum Gasteiger partial charge on any atom is -0.444 e. The number of aliphatic hydroxyl groups is 1. The number of carbonyl (C=O) groups is 1. The molecular formula is C11H20N2O4S. The second-order valence-corrected chi connectivity index (χ2v) is 5.55. The van der Waals surface area contributed by atoms with Crippen LogP contribution in [-0.2, 0) is 9.47 Å². The Morgan fingerprint density at radius 1 is 1.50 bits per heavy atom. The van der Waals surface area contributed by atoms with Crippen molar-refractivity contribution < 1.29 is 19.4 Å². The van der Waals surface area contributed by atoms with Crippen molar-refractivity contribution in [1.29, 1.82) is 0 Å². The van der Waals surface area contributed by atoms with Crippen LogP contribution in [0.3, 0.4) is 0 Å². The first kappa shape index (κ1) is 15.1. The van der Waals surface area contributed by atoms with Crippen molar-refractivity contribution in [2.24, 2.45) is 0 Å². The fourth-order valence-corrected chi connectivity index (χ4v) is 1.73. The van der Waals surface area contributed by atoms with Crippen LogP contribution in [0.4, 0.5) is 4.79 Å². The van der Waals surface area contributed by atoms with Crippen LogP contribution in [-0.4, -0.2) is 47.3 Å². The Bertz CT molecular complexity index is 317. The molecule has 18 heavy (non-hydrogen) atoms. The lowest BCUT2D eigenvalue weighted by atomic mass is 10.1. The molecule has 1 aliphatic rings. The zero-order chi connectivity index (χ0) is 13.8. The summed E-state index contributed by atoms with van der Waals surface area (Å²) in [5.74, 6) is 0. The van der Waals surface area contributed by atoms with E-state index in [9.17, 15) is 9.90 Å². The second kappa shape index (κ2) is 6.31. The third kappa shape index (κ3) is 5.61. The first-order valence-electron chi connectivity index (χ1n) is 5.84. The van der Waals surface area contributed by atoms with Crippen molar-refractivity contribution in [3.8, 4) is 0 Å². The SMILES string of the molecule is CC(C)(C)OC(=O)NC(=S)N[C@H]1CCOC[C@@H]1O. The van der Waals surface area contributed by atoms with Crippen LogP contribution in [0.25, 0.3) is 0 Å². The van der Waals surface area contributed by atoms with Crippen molar-refractivity contribution in [3.05, 3.63) is 0 Å². The van der Waals surface area contributed by atoms with E-state index in [1.807, 2.05) is 0 Å². The highest BCUT2D eigenvalue weighted by atomic mass is 32.1. The summed E-state index contributed by atoms with van der Waals surface area (Å²) < 4.78 is 10.2. The highest BCUT2D eigenvalue weighted by Gasteiger charge is 2.25. The third-order valence-electron chi connectivity index (χ3n) is 2.26. The number of aliphatic hydroxyl groups excluding tert-OH is 1. The Labute approximate surface area is 112 Å². The van der Waals surface area contributed by atoms with Crippen molar-refractivity contribution in [1.82, 2.24) is 10.6 Å². The van der Waals surface area contributed by atoms with Crippen molar-refractivity contribution >= 4 is 23.4 Å². The van der Waals surface area contributed by atoms with E-state index < -0.39 is 17.8 Å². The molecule has 1 fully saturated rings. The van der Waals surface area contributed by atoms with Crippen molar-refractivity contribution in [2.75, 3.05) is 13.2 Å². The van der Waals surface area contributed by atoms with Crippen molar-refractivity contribution in [3.63, 3.8) is 0 Å². The van der Waals surface area contributed by atoms with Gasteiger partial charge in [0.2, 0.25) is 0 Å².